The molecule has 1 aromatic carbocycles. The largest absolute Gasteiger partial charge is 0.294 e. The first-order chi connectivity index (χ1) is 9.00. The Morgan fingerprint density at radius 3 is 2.95 bits per heavy atom. The van der Waals surface area contributed by atoms with Crippen LogP contribution >= 0.6 is 27.7 Å². The van der Waals surface area contributed by atoms with Crippen molar-refractivity contribution in [2.24, 2.45) is 0 Å². The second-order valence-electron chi connectivity index (χ2n) is 4.79. The highest BCUT2D eigenvalue weighted by molar-refractivity contribution is 9.10. The highest BCUT2D eigenvalue weighted by Gasteiger charge is 2.26. The first kappa shape index (κ1) is 14.8. The maximum Gasteiger partial charge on any atom is 0.283 e. The molecule has 1 aliphatic rings. The van der Waals surface area contributed by atoms with E-state index in [2.05, 4.69) is 34.7 Å². The molecule has 2 rings (SSSR count). The number of rotatable bonds is 3. The normalized spacial score (nSPS) is 24.4. The summed E-state index contributed by atoms with van der Waals surface area (Å²) >= 11 is 5.36. The van der Waals surface area contributed by atoms with E-state index in [-0.39, 0.29) is 10.6 Å². The summed E-state index contributed by atoms with van der Waals surface area (Å²) in [6, 6.07) is 5.73. The summed E-state index contributed by atoms with van der Waals surface area (Å²) in [4.78, 5) is 13.0. The average Bonchev–Trinajstić information content (AvgIpc) is 2.37. The van der Waals surface area contributed by atoms with Crippen molar-refractivity contribution in [3.05, 3.63) is 38.3 Å². The van der Waals surface area contributed by atoms with Gasteiger partial charge in [0.2, 0.25) is 0 Å². The second kappa shape index (κ2) is 6.24. The van der Waals surface area contributed by atoms with Crippen molar-refractivity contribution in [2.75, 3.05) is 12.3 Å². The first-order valence-electron chi connectivity index (χ1n) is 6.28. The number of halogens is 1. The molecule has 6 heteroatoms. The maximum atomic E-state index is 10.9. The topological polar surface area (TPSA) is 46.4 Å². The standard InChI is InChI=1S/C13H17BrN2O2S/c1-9-10(2)19-7-6-15(9)8-11-4-3-5-12(13(11)14)16(17)18/h3-5,9-10H,6-8H2,1-2H3. The van der Waals surface area contributed by atoms with Gasteiger partial charge < -0.3 is 0 Å². The zero-order chi connectivity index (χ0) is 14.0. The van der Waals surface area contributed by atoms with Gasteiger partial charge in [-0.3, -0.25) is 15.0 Å². The highest BCUT2D eigenvalue weighted by Crippen LogP contribution is 2.31. The zero-order valence-electron chi connectivity index (χ0n) is 11.0. The van der Waals surface area contributed by atoms with E-state index in [1.165, 1.54) is 6.07 Å². The Hall–Kier alpha value is -0.590. The molecule has 0 radical (unpaired) electrons. The Labute approximate surface area is 125 Å². The minimum atomic E-state index is -0.342. The predicted octanol–water partition coefficient (Wildman–Crippen LogP) is 3.68. The Kier molecular flexibility index (Phi) is 4.86. The number of nitro benzene ring substituents is 1. The highest BCUT2D eigenvalue weighted by atomic mass is 79.9. The zero-order valence-corrected chi connectivity index (χ0v) is 13.4. The fourth-order valence-corrected chi connectivity index (χ4v) is 3.96. The van der Waals surface area contributed by atoms with E-state index in [9.17, 15) is 10.1 Å². The molecule has 1 saturated heterocycles. The Morgan fingerprint density at radius 2 is 2.26 bits per heavy atom. The molecule has 1 aliphatic heterocycles. The van der Waals surface area contributed by atoms with Gasteiger partial charge in [-0.25, -0.2) is 0 Å². The van der Waals surface area contributed by atoms with Gasteiger partial charge in [0.15, 0.2) is 0 Å². The lowest BCUT2D eigenvalue weighted by molar-refractivity contribution is -0.385. The number of thioether (sulfide) groups is 1. The van der Waals surface area contributed by atoms with E-state index in [0.29, 0.717) is 15.8 Å². The summed E-state index contributed by atoms with van der Waals surface area (Å²) in [5.41, 5.74) is 1.13. The van der Waals surface area contributed by atoms with Crippen LogP contribution in [0.3, 0.4) is 0 Å². The van der Waals surface area contributed by atoms with E-state index in [4.69, 9.17) is 0 Å². The number of nitrogens with zero attached hydrogens (tertiary/aromatic N) is 2. The van der Waals surface area contributed by atoms with Gasteiger partial charge in [0, 0.05) is 36.2 Å². The Morgan fingerprint density at radius 1 is 1.53 bits per heavy atom. The van der Waals surface area contributed by atoms with Crippen LogP contribution in [0.25, 0.3) is 0 Å². The summed E-state index contributed by atoms with van der Waals surface area (Å²) in [6.07, 6.45) is 0. The Bertz CT molecular complexity index is 484. The lowest BCUT2D eigenvalue weighted by Gasteiger charge is -2.37. The molecular formula is C13H17BrN2O2S. The van der Waals surface area contributed by atoms with Gasteiger partial charge in [-0.15, -0.1) is 0 Å². The van der Waals surface area contributed by atoms with Gasteiger partial charge >= 0.3 is 0 Å². The molecule has 2 unspecified atom stereocenters. The van der Waals surface area contributed by atoms with Gasteiger partial charge in [-0.05, 0) is 28.4 Å². The van der Waals surface area contributed by atoms with Crippen molar-refractivity contribution >= 4 is 33.4 Å². The van der Waals surface area contributed by atoms with Crippen LogP contribution in [0.5, 0.6) is 0 Å². The molecule has 4 nitrogen and oxygen atoms in total. The van der Waals surface area contributed by atoms with Gasteiger partial charge in [0.05, 0.1) is 9.40 Å². The van der Waals surface area contributed by atoms with Crippen LogP contribution in [0.4, 0.5) is 5.69 Å². The fraction of sp³-hybridized carbons (Fsp3) is 0.538. The van der Waals surface area contributed by atoms with Crippen LogP contribution in [-0.4, -0.2) is 33.4 Å². The quantitative estimate of drug-likeness (QED) is 0.619. The lowest BCUT2D eigenvalue weighted by atomic mass is 10.1. The summed E-state index contributed by atoms with van der Waals surface area (Å²) in [5.74, 6) is 1.12. The number of hydrogen-bond donors (Lipinski definition) is 0. The molecule has 104 valence electrons. The molecule has 0 N–H and O–H groups in total. The molecule has 0 spiro atoms. The summed E-state index contributed by atoms with van der Waals surface area (Å²) in [6.45, 7) is 6.26. The monoisotopic (exact) mass is 344 g/mol. The second-order valence-corrected chi connectivity index (χ2v) is 7.07. The van der Waals surface area contributed by atoms with Crippen molar-refractivity contribution in [1.29, 1.82) is 0 Å². The summed E-state index contributed by atoms with van der Waals surface area (Å²) in [7, 11) is 0. The van der Waals surface area contributed by atoms with Crippen LogP contribution in [0, 0.1) is 10.1 Å². The third-order valence-corrected chi connectivity index (χ3v) is 5.90. The lowest BCUT2D eigenvalue weighted by Crippen LogP contribution is -2.44. The predicted molar refractivity (Wildman–Crippen MR) is 82.6 cm³/mol. The third-order valence-electron chi connectivity index (χ3n) is 3.64. The molecule has 1 fully saturated rings. The van der Waals surface area contributed by atoms with Crippen LogP contribution in [-0.2, 0) is 6.54 Å². The third kappa shape index (κ3) is 3.30. The Balaban J connectivity index is 2.19. The van der Waals surface area contributed by atoms with Crippen molar-refractivity contribution in [1.82, 2.24) is 4.90 Å². The van der Waals surface area contributed by atoms with Gasteiger partial charge in [-0.1, -0.05) is 19.1 Å². The smallest absolute Gasteiger partial charge is 0.283 e. The number of benzene rings is 1. The van der Waals surface area contributed by atoms with Crippen LogP contribution in [0.1, 0.15) is 19.4 Å². The number of hydrogen-bond acceptors (Lipinski definition) is 4. The molecular weight excluding hydrogens is 328 g/mol. The molecule has 0 saturated carbocycles. The van der Waals surface area contributed by atoms with Crippen molar-refractivity contribution < 1.29 is 4.92 Å². The molecule has 0 aliphatic carbocycles. The van der Waals surface area contributed by atoms with Gasteiger partial charge in [-0.2, -0.15) is 11.8 Å². The van der Waals surface area contributed by atoms with E-state index in [0.717, 1.165) is 24.4 Å². The molecule has 2 atom stereocenters. The molecule has 1 heterocycles. The molecule has 1 aromatic rings. The number of nitro groups is 1. The van der Waals surface area contributed by atoms with Gasteiger partial charge in [0.1, 0.15) is 0 Å². The average molecular weight is 345 g/mol. The van der Waals surface area contributed by atoms with Crippen molar-refractivity contribution in [2.45, 2.75) is 31.7 Å². The fourth-order valence-electron chi connectivity index (χ4n) is 2.27. The molecule has 0 bridgehead atoms. The van der Waals surface area contributed by atoms with Crippen molar-refractivity contribution in [3.8, 4) is 0 Å². The van der Waals surface area contributed by atoms with Crippen LogP contribution < -0.4 is 0 Å². The van der Waals surface area contributed by atoms with Crippen LogP contribution in [0.15, 0.2) is 22.7 Å². The van der Waals surface area contributed by atoms with E-state index < -0.39 is 0 Å². The summed E-state index contributed by atoms with van der Waals surface area (Å²) in [5, 5.41) is 11.5. The minimum absolute atomic E-state index is 0.143. The molecule has 0 amide bonds. The minimum Gasteiger partial charge on any atom is -0.294 e. The van der Waals surface area contributed by atoms with E-state index in [1.807, 2.05) is 17.8 Å². The SMILES string of the molecule is CC1SCCN(Cc2cccc([N+](=O)[O-])c2Br)C1C. The van der Waals surface area contributed by atoms with Crippen molar-refractivity contribution in [3.63, 3.8) is 0 Å². The summed E-state index contributed by atoms with van der Waals surface area (Å²) < 4.78 is 0.609. The molecule has 19 heavy (non-hydrogen) atoms. The van der Waals surface area contributed by atoms with E-state index >= 15 is 0 Å². The first-order valence-corrected chi connectivity index (χ1v) is 8.12. The van der Waals surface area contributed by atoms with Gasteiger partial charge in [0.25, 0.3) is 5.69 Å². The van der Waals surface area contributed by atoms with E-state index in [1.54, 1.807) is 6.07 Å². The van der Waals surface area contributed by atoms with Crippen LogP contribution in [0.2, 0.25) is 0 Å². The maximum absolute atomic E-state index is 10.9. The molecule has 0 aromatic heterocycles.